The highest BCUT2D eigenvalue weighted by molar-refractivity contribution is 5.79. The van der Waals surface area contributed by atoms with E-state index < -0.39 is 0 Å². The van der Waals surface area contributed by atoms with E-state index >= 15 is 0 Å². The number of benzene rings is 2. The first kappa shape index (κ1) is 17.0. The Labute approximate surface area is 158 Å². The first-order valence-electron chi connectivity index (χ1n) is 8.97. The van der Waals surface area contributed by atoms with Crippen LogP contribution in [0.3, 0.4) is 0 Å². The van der Waals surface area contributed by atoms with Crippen molar-refractivity contribution in [1.82, 2.24) is 14.5 Å². The lowest BCUT2D eigenvalue weighted by atomic mass is 10.0. The summed E-state index contributed by atoms with van der Waals surface area (Å²) in [5.41, 5.74) is 5.92. The molecule has 4 heteroatoms. The number of pyridine rings is 1. The molecule has 4 nitrogen and oxygen atoms in total. The second-order valence-electron chi connectivity index (χ2n) is 6.70. The van der Waals surface area contributed by atoms with Crippen molar-refractivity contribution in [3.05, 3.63) is 90.5 Å². The Morgan fingerprint density at radius 2 is 1.67 bits per heavy atom. The highest BCUT2D eigenvalue weighted by atomic mass is 16.3. The smallest absolute Gasteiger partial charge is 0.116 e. The van der Waals surface area contributed by atoms with Crippen LogP contribution in [0.1, 0.15) is 24.2 Å². The number of hydrogen-bond donors (Lipinski definition) is 1. The predicted molar refractivity (Wildman–Crippen MR) is 108 cm³/mol. The monoisotopic (exact) mass is 355 g/mol. The maximum atomic E-state index is 10.0. The van der Waals surface area contributed by atoms with Crippen LogP contribution >= 0.6 is 0 Å². The number of hydrogen-bond acceptors (Lipinski definition) is 3. The van der Waals surface area contributed by atoms with Crippen LogP contribution in [0.15, 0.2) is 79.3 Å². The normalized spacial score (nSPS) is 12.1. The fourth-order valence-corrected chi connectivity index (χ4v) is 3.27. The van der Waals surface area contributed by atoms with Crippen molar-refractivity contribution in [2.24, 2.45) is 0 Å². The van der Waals surface area contributed by atoms with Gasteiger partial charge in [-0.05, 0) is 37.6 Å². The predicted octanol–water partition coefficient (Wildman–Crippen LogP) is 5.24. The van der Waals surface area contributed by atoms with Gasteiger partial charge in [-0.25, -0.2) is 4.98 Å². The van der Waals surface area contributed by atoms with E-state index in [0.29, 0.717) is 0 Å². The summed E-state index contributed by atoms with van der Waals surface area (Å²) in [5.74, 6) is 0.236. The lowest BCUT2D eigenvalue weighted by molar-refractivity contribution is 0.475. The highest BCUT2D eigenvalue weighted by Gasteiger charge is 2.20. The summed E-state index contributed by atoms with van der Waals surface area (Å²) in [7, 11) is 0. The van der Waals surface area contributed by atoms with Crippen LogP contribution in [0.2, 0.25) is 0 Å². The summed E-state index contributed by atoms with van der Waals surface area (Å²) in [6.07, 6.45) is 3.74. The topological polar surface area (TPSA) is 50.9 Å². The van der Waals surface area contributed by atoms with Crippen LogP contribution in [-0.2, 0) is 0 Å². The molecular formula is C23H21N3O. The molecule has 0 aliphatic heterocycles. The van der Waals surface area contributed by atoms with E-state index in [1.807, 2.05) is 61.9 Å². The van der Waals surface area contributed by atoms with E-state index in [-0.39, 0.29) is 11.8 Å². The molecule has 0 aliphatic rings. The molecule has 1 N–H and O–H groups in total. The van der Waals surface area contributed by atoms with Crippen molar-refractivity contribution < 1.29 is 5.11 Å². The van der Waals surface area contributed by atoms with Crippen molar-refractivity contribution in [3.8, 4) is 28.3 Å². The van der Waals surface area contributed by atoms with Crippen molar-refractivity contribution in [2.75, 3.05) is 0 Å². The Hall–Kier alpha value is -3.40. The minimum absolute atomic E-state index is 0.00733. The van der Waals surface area contributed by atoms with E-state index in [1.165, 1.54) is 0 Å². The standard InChI is InChI=1S/C23H21N3O/c1-16-11-12-21(24-14-16)17(2)26-15-25-22(18-7-4-3-5-8-18)23(26)19-9-6-10-20(27)13-19/h3-15,17,27H,1-2H3/t17-/m0/s1. The summed E-state index contributed by atoms with van der Waals surface area (Å²) in [5, 5.41) is 10.0. The van der Waals surface area contributed by atoms with Crippen molar-refractivity contribution in [3.63, 3.8) is 0 Å². The average Bonchev–Trinajstić information content (AvgIpc) is 3.14. The second-order valence-corrected chi connectivity index (χ2v) is 6.70. The number of phenols is 1. The van der Waals surface area contributed by atoms with Gasteiger partial charge in [-0.2, -0.15) is 0 Å². The van der Waals surface area contributed by atoms with Gasteiger partial charge in [-0.1, -0.05) is 48.5 Å². The number of aromatic hydroxyl groups is 1. The number of nitrogens with zero attached hydrogens (tertiary/aromatic N) is 3. The Morgan fingerprint density at radius 3 is 2.37 bits per heavy atom. The minimum Gasteiger partial charge on any atom is -0.508 e. The molecule has 0 saturated heterocycles. The molecule has 2 aromatic carbocycles. The number of imidazole rings is 1. The molecule has 0 unspecified atom stereocenters. The molecule has 1 atom stereocenters. The van der Waals surface area contributed by atoms with Crippen LogP contribution in [0.4, 0.5) is 0 Å². The summed E-state index contributed by atoms with van der Waals surface area (Å²) in [4.78, 5) is 9.30. The third kappa shape index (κ3) is 3.34. The van der Waals surface area contributed by atoms with Gasteiger partial charge in [-0.15, -0.1) is 0 Å². The summed E-state index contributed by atoms with van der Waals surface area (Å²) < 4.78 is 2.12. The van der Waals surface area contributed by atoms with Gasteiger partial charge in [0.1, 0.15) is 5.75 Å². The molecule has 0 radical (unpaired) electrons. The van der Waals surface area contributed by atoms with Gasteiger partial charge in [0.25, 0.3) is 0 Å². The number of phenolic OH excluding ortho intramolecular Hbond substituents is 1. The molecule has 0 saturated carbocycles. The van der Waals surface area contributed by atoms with Crippen LogP contribution < -0.4 is 0 Å². The van der Waals surface area contributed by atoms with Gasteiger partial charge in [0.15, 0.2) is 0 Å². The SMILES string of the molecule is Cc1ccc([C@H](C)n2cnc(-c3ccccc3)c2-c2cccc(O)c2)nc1. The van der Waals surface area contributed by atoms with E-state index in [1.54, 1.807) is 12.1 Å². The zero-order valence-corrected chi connectivity index (χ0v) is 15.4. The van der Waals surface area contributed by atoms with Gasteiger partial charge in [-0.3, -0.25) is 4.98 Å². The van der Waals surface area contributed by atoms with Crippen molar-refractivity contribution in [2.45, 2.75) is 19.9 Å². The van der Waals surface area contributed by atoms with Gasteiger partial charge < -0.3 is 9.67 Å². The molecule has 4 rings (SSSR count). The zero-order chi connectivity index (χ0) is 18.8. The van der Waals surface area contributed by atoms with Crippen LogP contribution in [0.25, 0.3) is 22.5 Å². The number of rotatable bonds is 4. The molecule has 0 spiro atoms. The van der Waals surface area contributed by atoms with E-state index in [2.05, 4.69) is 28.6 Å². The third-order valence-electron chi connectivity index (χ3n) is 4.74. The van der Waals surface area contributed by atoms with Crippen molar-refractivity contribution in [1.29, 1.82) is 0 Å². The van der Waals surface area contributed by atoms with Crippen molar-refractivity contribution >= 4 is 0 Å². The fraction of sp³-hybridized carbons (Fsp3) is 0.130. The molecule has 134 valence electrons. The first-order chi connectivity index (χ1) is 13.1. The molecule has 2 heterocycles. The highest BCUT2D eigenvalue weighted by Crippen LogP contribution is 2.35. The molecule has 27 heavy (non-hydrogen) atoms. The van der Waals surface area contributed by atoms with Gasteiger partial charge in [0.05, 0.1) is 29.5 Å². The molecule has 0 amide bonds. The quantitative estimate of drug-likeness (QED) is 0.545. The van der Waals surface area contributed by atoms with Gasteiger partial charge in [0.2, 0.25) is 0 Å². The fourth-order valence-electron chi connectivity index (χ4n) is 3.27. The Bertz CT molecular complexity index is 1050. The Balaban J connectivity index is 1.89. The Morgan fingerprint density at radius 1 is 0.889 bits per heavy atom. The van der Waals surface area contributed by atoms with Crippen LogP contribution in [0.5, 0.6) is 5.75 Å². The van der Waals surface area contributed by atoms with E-state index in [4.69, 9.17) is 4.98 Å². The lowest BCUT2D eigenvalue weighted by Gasteiger charge is -2.18. The van der Waals surface area contributed by atoms with Crippen LogP contribution in [0, 0.1) is 6.92 Å². The zero-order valence-electron chi connectivity index (χ0n) is 15.4. The lowest BCUT2D eigenvalue weighted by Crippen LogP contribution is -2.09. The summed E-state index contributed by atoms with van der Waals surface area (Å²) in [6, 6.07) is 21.5. The molecule has 4 aromatic rings. The average molecular weight is 355 g/mol. The number of aryl methyl sites for hydroxylation is 1. The Kier molecular flexibility index (Phi) is 4.47. The molecule has 0 fully saturated rings. The first-order valence-corrected chi connectivity index (χ1v) is 8.97. The van der Waals surface area contributed by atoms with E-state index in [0.717, 1.165) is 33.8 Å². The minimum atomic E-state index is 0.00733. The molecule has 0 bridgehead atoms. The summed E-state index contributed by atoms with van der Waals surface area (Å²) >= 11 is 0. The molecule has 0 aliphatic carbocycles. The van der Waals surface area contributed by atoms with E-state index in [9.17, 15) is 5.11 Å². The third-order valence-corrected chi connectivity index (χ3v) is 4.74. The number of aromatic nitrogens is 3. The van der Waals surface area contributed by atoms with Gasteiger partial charge in [0, 0.05) is 17.3 Å². The maximum Gasteiger partial charge on any atom is 0.116 e. The molecular weight excluding hydrogens is 334 g/mol. The summed E-state index contributed by atoms with van der Waals surface area (Å²) in [6.45, 7) is 4.14. The molecule has 2 aromatic heterocycles. The second kappa shape index (κ2) is 7.08. The van der Waals surface area contributed by atoms with Gasteiger partial charge >= 0.3 is 0 Å². The largest absolute Gasteiger partial charge is 0.508 e. The van der Waals surface area contributed by atoms with Crippen LogP contribution in [-0.4, -0.2) is 19.6 Å². The maximum absolute atomic E-state index is 10.0.